The van der Waals surface area contributed by atoms with Crippen molar-refractivity contribution in [3.8, 4) is 0 Å². The lowest BCUT2D eigenvalue weighted by molar-refractivity contribution is 0.645. The number of hydrogen-bond donors (Lipinski definition) is 1. The van der Waals surface area contributed by atoms with E-state index in [9.17, 15) is 0 Å². The zero-order valence-corrected chi connectivity index (χ0v) is 8.66. The third-order valence-electron chi connectivity index (χ3n) is 1.95. The molecule has 3 nitrogen and oxygen atoms in total. The van der Waals surface area contributed by atoms with Crippen LogP contribution in [0.5, 0.6) is 0 Å². The lowest BCUT2D eigenvalue weighted by Crippen LogP contribution is -2.10. The number of nitrogens with zero attached hydrogens (tertiary/aromatic N) is 2. The van der Waals surface area contributed by atoms with Crippen LogP contribution in [0.1, 0.15) is 0 Å². The summed E-state index contributed by atoms with van der Waals surface area (Å²) in [7, 11) is 0. The van der Waals surface area contributed by atoms with E-state index in [2.05, 4.69) is 21.0 Å². The van der Waals surface area contributed by atoms with Crippen LogP contribution in [0, 0.1) is 0 Å². The minimum atomic E-state index is 0.609. The first-order valence-electron chi connectivity index (χ1n) is 4.13. The fourth-order valence-corrected chi connectivity index (χ4v) is 1.98. The quantitative estimate of drug-likeness (QED) is 0.869. The topological polar surface area (TPSA) is 43.8 Å². The number of rotatable bonds is 2. The van der Waals surface area contributed by atoms with E-state index in [0.717, 1.165) is 21.9 Å². The van der Waals surface area contributed by atoms with E-state index in [4.69, 9.17) is 5.73 Å². The van der Waals surface area contributed by atoms with E-state index in [1.165, 1.54) is 0 Å². The predicted molar refractivity (Wildman–Crippen MR) is 56.5 cm³/mol. The van der Waals surface area contributed by atoms with Crippen LogP contribution >= 0.6 is 15.9 Å². The second-order valence-electron chi connectivity index (χ2n) is 2.83. The van der Waals surface area contributed by atoms with Gasteiger partial charge in [0.05, 0.1) is 18.3 Å². The Morgan fingerprint density at radius 1 is 1.46 bits per heavy atom. The van der Waals surface area contributed by atoms with Gasteiger partial charge in [-0.2, -0.15) is 5.10 Å². The maximum absolute atomic E-state index is 5.48. The Morgan fingerprint density at radius 2 is 2.31 bits per heavy atom. The molecule has 0 saturated carbocycles. The first-order valence-corrected chi connectivity index (χ1v) is 4.92. The standard InChI is InChI=1S/C9H10BrN3/c10-8-3-1-2-7-6-12-13(5-4-11)9(7)8/h1-3,6H,4-5,11H2. The molecule has 4 heteroatoms. The SMILES string of the molecule is NCCn1ncc2cccc(Br)c21. The Balaban J connectivity index is 2.64. The zero-order valence-electron chi connectivity index (χ0n) is 7.07. The molecule has 0 radical (unpaired) electrons. The van der Waals surface area contributed by atoms with Crippen LogP contribution < -0.4 is 5.73 Å². The third kappa shape index (κ3) is 1.47. The van der Waals surface area contributed by atoms with Gasteiger partial charge in [-0.3, -0.25) is 4.68 Å². The number of fused-ring (bicyclic) bond motifs is 1. The number of nitrogens with two attached hydrogens (primary N) is 1. The summed E-state index contributed by atoms with van der Waals surface area (Å²) in [5.41, 5.74) is 6.60. The van der Waals surface area contributed by atoms with Crippen LogP contribution in [0.15, 0.2) is 28.9 Å². The molecule has 1 aromatic carbocycles. The van der Waals surface area contributed by atoms with Gasteiger partial charge in [-0.25, -0.2) is 0 Å². The average molecular weight is 240 g/mol. The molecule has 0 aliphatic carbocycles. The maximum atomic E-state index is 5.48. The van der Waals surface area contributed by atoms with E-state index < -0.39 is 0 Å². The maximum Gasteiger partial charge on any atom is 0.0824 e. The van der Waals surface area contributed by atoms with Crippen LogP contribution in [0.2, 0.25) is 0 Å². The first-order chi connectivity index (χ1) is 6.33. The van der Waals surface area contributed by atoms with Gasteiger partial charge < -0.3 is 5.73 Å². The highest BCUT2D eigenvalue weighted by molar-refractivity contribution is 9.10. The van der Waals surface area contributed by atoms with Crippen LogP contribution in [0.3, 0.4) is 0 Å². The highest BCUT2D eigenvalue weighted by Gasteiger charge is 2.04. The summed E-state index contributed by atoms with van der Waals surface area (Å²) in [6, 6.07) is 6.05. The van der Waals surface area contributed by atoms with Gasteiger partial charge in [0.1, 0.15) is 0 Å². The minimum absolute atomic E-state index is 0.609. The molecule has 0 saturated heterocycles. The Kier molecular flexibility index (Phi) is 2.33. The Labute approximate surface area is 84.7 Å². The van der Waals surface area contributed by atoms with Crippen molar-refractivity contribution in [2.75, 3.05) is 6.54 Å². The summed E-state index contributed by atoms with van der Waals surface area (Å²) in [6.45, 7) is 1.37. The summed E-state index contributed by atoms with van der Waals surface area (Å²) in [4.78, 5) is 0. The molecule has 2 N–H and O–H groups in total. The largest absolute Gasteiger partial charge is 0.329 e. The van der Waals surface area contributed by atoms with E-state index in [1.807, 2.05) is 29.1 Å². The molecule has 0 spiro atoms. The number of aromatic nitrogens is 2. The van der Waals surface area contributed by atoms with Crippen molar-refractivity contribution in [2.45, 2.75) is 6.54 Å². The van der Waals surface area contributed by atoms with Crippen molar-refractivity contribution >= 4 is 26.8 Å². The van der Waals surface area contributed by atoms with Gasteiger partial charge in [0, 0.05) is 16.4 Å². The molecule has 2 rings (SSSR count). The van der Waals surface area contributed by atoms with E-state index in [-0.39, 0.29) is 0 Å². The lowest BCUT2D eigenvalue weighted by atomic mass is 10.2. The summed E-state index contributed by atoms with van der Waals surface area (Å²) in [5, 5.41) is 5.39. The molecule has 13 heavy (non-hydrogen) atoms. The van der Waals surface area contributed by atoms with Crippen molar-refractivity contribution in [1.29, 1.82) is 0 Å². The minimum Gasteiger partial charge on any atom is -0.329 e. The second kappa shape index (κ2) is 3.47. The molecule has 68 valence electrons. The molecule has 0 bridgehead atoms. The van der Waals surface area contributed by atoms with Crippen LogP contribution in [0.25, 0.3) is 10.9 Å². The van der Waals surface area contributed by atoms with E-state index in [1.54, 1.807) is 0 Å². The third-order valence-corrected chi connectivity index (χ3v) is 2.59. The fraction of sp³-hybridized carbons (Fsp3) is 0.222. The molecule has 2 aromatic rings. The number of benzene rings is 1. The van der Waals surface area contributed by atoms with Gasteiger partial charge in [0.25, 0.3) is 0 Å². The Hall–Kier alpha value is -0.870. The molecule has 0 amide bonds. The summed E-state index contributed by atoms with van der Waals surface area (Å²) in [6.07, 6.45) is 1.86. The van der Waals surface area contributed by atoms with Crippen molar-refractivity contribution in [3.05, 3.63) is 28.9 Å². The fourth-order valence-electron chi connectivity index (χ4n) is 1.39. The second-order valence-corrected chi connectivity index (χ2v) is 3.69. The van der Waals surface area contributed by atoms with Crippen molar-refractivity contribution < 1.29 is 0 Å². The molecular formula is C9H10BrN3. The average Bonchev–Trinajstić information content (AvgIpc) is 2.51. The highest BCUT2D eigenvalue weighted by Crippen LogP contribution is 2.22. The Morgan fingerprint density at radius 3 is 3.08 bits per heavy atom. The molecule has 0 aliphatic heterocycles. The molecule has 0 atom stereocenters. The number of para-hydroxylation sites is 1. The molecule has 0 aliphatic rings. The highest BCUT2D eigenvalue weighted by atomic mass is 79.9. The van der Waals surface area contributed by atoms with Gasteiger partial charge in [-0.1, -0.05) is 12.1 Å². The molecule has 1 aromatic heterocycles. The normalized spacial score (nSPS) is 10.9. The van der Waals surface area contributed by atoms with E-state index in [0.29, 0.717) is 6.54 Å². The molecular weight excluding hydrogens is 230 g/mol. The smallest absolute Gasteiger partial charge is 0.0824 e. The zero-order chi connectivity index (χ0) is 9.26. The monoisotopic (exact) mass is 239 g/mol. The number of halogens is 1. The molecule has 0 unspecified atom stereocenters. The summed E-state index contributed by atoms with van der Waals surface area (Å²) >= 11 is 3.50. The van der Waals surface area contributed by atoms with Crippen LogP contribution in [-0.4, -0.2) is 16.3 Å². The number of hydrogen-bond acceptors (Lipinski definition) is 2. The van der Waals surface area contributed by atoms with Crippen LogP contribution in [0.4, 0.5) is 0 Å². The van der Waals surface area contributed by atoms with Crippen molar-refractivity contribution in [1.82, 2.24) is 9.78 Å². The Bertz CT molecular complexity index is 422. The van der Waals surface area contributed by atoms with Gasteiger partial charge in [-0.15, -0.1) is 0 Å². The predicted octanol–water partition coefficient (Wildman–Crippen LogP) is 1.76. The first kappa shape index (κ1) is 8.72. The summed E-state index contributed by atoms with van der Waals surface area (Å²) < 4.78 is 2.98. The van der Waals surface area contributed by atoms with Crippen LogP contribution in [-0.2, 0) is 6.54 Å². The lowest BCUT2D eigenvalue weighted by Gasteiger charge is -2.01. The summed E-state index contributed by atoms with van der Waals surface area (Å²) in [5.74, 6) is 0. The van der Waals surface area contributed by atoms with Gasteiger partial charge in [0.2, 0.25) is 0 Å². The molecule has 1 heterocycles. The van der Waals surface area contributed by atoms with Gasteiger partial charge in [-0.05, 0) is 22.0 Å². The molecule has 0 fully saturated rings. The van der Waals surface area contributed by atoms with Crippen molar-refractivity contribution in [2.24, 2.45) is 5.73 Å². The van der Waals surface area contributed by atoms with E-state index >= 15 is 0 Å². The van der Waals surface area contributed by atoms with Gasteiger partial charge >= 0.3 is 0 Å². The van der Waals surface area contributed by atoms with Crippen molar-refractivity contribution in [3.63, 3.8) is 0 Å². The van der Waals surface area contributed by atoms with Gasteiger partial charge in [0.15, 0.2) is 0 Å².